The minimum Gasteiger partial charge on any atom is -0.466 e. The van der Waals surface area contributed by atoms with E-state index in [9.17, 15) is 4.79 Å². The van der Waals surface area contributed by atoms with E-state index in [0.717, 1.165) is 12.3 Å². The molecule has 0 amide bonds. The van der Waals surface area contributed by atoms with E-state index in [1.54, 1.807) is 6.08 Å². The third-order valence-electron chi connectivity index (χ3n) is 1.98. The highest BCUT2D eigenvalue weighted by Gasteiger charge is 2.22. The van der Waals surface area contributed by atoms with Gasteiger partial charge in [-0.1, -0.05) is 18.9 Å². The highest BCUT2D eigenvalue weighted by atomic mass is 16.5. The van der Waals surface area contributed by atoms with Crippen LogP contribution in [0.25, 0.3) is 0 Å². The Morgan fingerprint density at radius 1 is 1.75 bits per heavy atom. The first-order valence-corrected chi connectivity index (χ1v) is 4.24. The molecular weight excluding hydrogens is 154 g/mol. The molecule has 12 heavy (non-hydrogen) atoms. The van der Waals surface area contributed by atoms with Crippen LogP contribution in [-0.2, 0) is 9.53 Å². The highest BCUT2D eigenvalue weighted by Crippen LogP contribution is 2.33. The van der Waals surface area contributed by atoms with Crippen molar-refractivity contribution in [1.82, 2.24) is 0 Å². The fourth-order valence-electron chi connectivity index (χ4n) is 1.09. The van der Waals surface area contributed by atoms with Crippen LogP contribution in [0.4, 0.5) is 0 Å². The topological polar surface area (TPSA) is 52.3 Å². The predicted octanol–water partition coefficient (Wildman–Crippen LogP) is 0.843. The lowest BCUT2D eigenvalue weighted by atomic mass is 10.1. The monoisotopic (exact) mass is 169 g/mol. The standard InChI is InChI=1S/C9H15NO2/c1-12-9(11)5-4-8(10)6-7-2-3-7/h4-5,7-8H,2-3,6,10H2,1H3/t8-/m1/s1. The Kier molecular flexibility index (Phi) is 3.29. The predicted molar refractivity (Wildman–Crippen MR) is 46.5 cm³/mol. The van der Waals surface area contributed by atoms with Gasteiger partial charge in [0.25, 0.3) is 0 Å². The van der Waals surface area contributed by atoms with Gasteiger partial charge < -0.3 is 10.5 Å². The molecule has 0 aromatic heterocycles. The van der Waals surface area contributed by atoms with Crippen molar-refractivity contribution in [1.29, 1.82) is 0 Å². The SMILES string of the molecule is COC(=O)C=C[C@@H](N)CC1CC1. The zero-order valence-corrected chi connectivity index (χ0v) is 7.32. The van der Waals surface area contributed by atoms with Gasteiger partial charge in [-0.15, -0.1) is 0 Å². The Morgan fingerprint density at radius 2 is 2.42 bits per heavy atom. The van der Waals surface area contributed by atoms with Crippen molar-refractivity contribution < 1.29 is 9.53 Å². The summed E-state index contributed by atoms with van der Waals surface area (Å²) in [5, 5.41) is 0. The number of hydrogen-bond acceptors (Lipinski definition) is 3. The molecule has 1 saturated carbocycles. The van der Waals surface area contributed by atoms with Crippen LogP contribution in [0.15, 0.2) is 12.2 Å². The van der Waals surface area contributed by atoms with E-state index >= 15 is 0 Å². The Morgan fingerprint density at radius 3 is 2.92 bits per heavy atom. The number of carbonyl (C=O) groups is 1. The van der Waals surface area contributed by atoms with Gasteiger partial charge in [-0.05, 0) is 12.3 Å². The number of ether oxygens (including phenoxy) is 1. The van der Waals surface area contributed by atoms with Crippen LogP contribution < -0.4 is 5.73 Å². The average Bonchev–Trinajstić information content (AvgIpc) is 2.84. The van der Waals surface area contributed by atoms with Crippen LogP contribution in [-0.4, -0.2) is 19.1 Å². The van der Waals surface area contributed by atoms with Crippen molar-refractivity contribution in [3.05, 3.63) is 12.2 Å². The number of carbonyl (C=O) groups excluding carboxylic acids is 1. The van der Waals surface area contributed by atoms with E-state index in [-0.39, 0.29) is 12.0 Å². The van der Waals surface area contributed by atoms with E-state index in [0.29, 0.717) is 0 Å². The lowest BCUT2D eigenvalue weighted by molar-refractivity contribution is -0.134. The van der Waals surface area contributed by atoms with Gasteiger partial charge in [0.05, 0.1) is 7.11 Å². The minimum absolute atomic E-state index is 0.0107. The molecule has 0 aromatic rings. The first-order valence-electron chi connectivity index (χ1n) is 4.24. The van der Waals surface area contributed by atoms with Gasteiger partial charge in [-0.25, -0.2) is 4.79 Å². The summed E-state index contributed by atoms with van der Waals surface area (Å²) in [5.74, 6) is 0.462. The van der Waals surface area contributed by atoms with Crippen LogP contribution >= 0.6 is 0 Å². The molecule has 0 bridgehead atoms. The number of esters is 1. The summed E-state index contributed by atoms with van der Waals surface area (Å²) in [6.45, 7) is 0. The van der Waals surface area contributed by atoms with Gasteiger partial charge in [0, 0.05) is 12.1 Å². The molecule has 0 spiro atoms. The Balaban J connectivity index is 2.18. The summed E-state index contributed by atoms with van der Waals surface area (Å²) >= 11 is 0. The maximum Gasteiger partial charge on any atom is 0.330 e. The smallest absolute Gasteiger partial charge is 0.330 e. The van der Waals surface area contributed by atoms with Crippen LogP contribution in [0, 0.1) is 5.92 Å². The maximum absolute atomic E-state index is 10.7. The molecule has 3 heteroatoms. The molecular formula is C9H15NO2. The molecule has 1 fully saturated rings. The Hall–Kier alpha value is -0.830. The first kappa shape index (κ1) is 9.26. The molecule has 1 aliphatic carbocycles. The van der Waals surface area contributed by atoms with Crippen molar-refractivity contribution in [2.24, 2.45) is 11.7 Å². The van der Waals surface area contributed by atoms with E-state index < -0.39 is 0 Å². The average molecular weight is 169 g/mol. The molecule has 1 aliphatic rings. The lowest BCUT2D eigenvalue weighted by Gasteiger charge is -2.02. The summed E-state index contributed by atoms with van der Waals surface area (Å²) in [6.07, 6.45) is 6.68. The van der Waals surface area contributed by atoms with Crippen LogP contribution in [0.2, 0.25) is 0 Å². The van der Waals surface area contributed by atoms with Gasteiger partial charge in [-0.2, -0.15) is 0 Å². The Bertz CT molecular complexity index is 185. The summed E-state index contributed by atoms with van der Waals surface area (Å²) in [5.41, 5.74) is 5.72. The van der Waals surface area contributed by atoms with Crippen molar-refractivity contribution in [3.8, 4) is 0 Å². The molecule has 1 atom stereocenters. The molecule has 0 aromatic carbocycles. The molecule has 0 unspecified atom stereocenters. The summed E-state index contributed by atoms with van der Waals surface area (Å²) in [7, 11) is 1.36. The molecule has 0 aliphatic heterocycles. The number of rotatable bonds is 4. The summed E-state index contributed by atoms with van der Waals surface area (Å²) < 4.78 is 4.44. The van der Waals surface area contributed by atoms with E-state index in [4.69, 9.17) is 5.73 Å². The van der Waals surface area contributed by atoms with Crippen molar-refractivity contribution in [3.63, 3.8) is 0 Å². The second-order valence-corrected chi connectivity index (χ2v) is 3.23. The van der Waals surface area contributed by atoms with Gasteiger partial charge in [0.1, 0.15) is 0 Å². The molecule has 1 rings (SSSR count). The number of hydrogen-bond donors (Lipinski definition) is 1. The fraction of sp³-hybridized carbons (Fsp3) is 0.667. The Labute approximate surface area is 72.6 Å². The van der Waals surface area contributed by atoms with E-state index in [1.807, 2.05) is 0 Å². The van der Waals surface area contributed by atoms with Gasteiger partial charge in [0.15, 0.2) is 0 Å². The highest BCUT2D eigenvalue weighted by molar-refractivity contribution is 5.81. The number of nitrogens with two attached hydrogens (primary N) is 1. The fourth-order valence-corrected chi connectivity index (χ4v) is 1.09. The van der Waals surface area contributed by atoms with E-state index in [2.05, 4.69) is 4.74 Å². The molecule has 0 saturated heterocycles. The largest absolute Gasteiger partial charge is 0.466 e. The van der Waals surface area contributed by atoms with Gasteiger partial charge in [-0.3, -0.25) is 0 Å². The third-order valence-corrected chi connectivity index (χ3v) is 1.98. The molecule has 68 valence electrons. The molecule has 2 N–H and O–H groups in total. The van der Waals surface area contributed by atoms with Crippen LogP contribution in [0.1, 0.15) is 19.3 Å². The number of methoxy groups -OCH3 is 1. The van der Waals surface area contributed by atoms with Gasteiger partial charge in [0.2, 0.25) is 0 Å². The van der Waals surface area contributed by atoms with Crippen LogP contribution in [0.3, 0.4) is 0 Å². The maximum atomic E-state index is 10.7. The van der Waals surface area contributed by atoms with E-state index in [1.165, 1.54) is 26.0 Å². The van der Waals surface area contributed by atoms with Gasteiger partial charge >= 0.3 is 5.97 Å². The second-order valence-electron chi connectivity index (χ2n) is 3.23. The van der Waals surface area contributed by atoms with Crippen molar-refractivity contribution in [2.45, 2.75) is 25.3 Å². The van der Waals surface area contributed by atoms with Crippen molar-refractivity contribution in [2.75, 3.05) is 7.11 Å². The summed E-state index contributed by atoms with van der Waals surface area (Å²) in [4.78, 5) is 10.7. The quantitative estimate of drug-likeness (QED) is 0.501. The van der Waals surface area contributed by atoms with Crippen LogP contribution in [0.5, 0.6) is 0 Å². The molecule has 0 radical (unpaired) electrons. The first-order chi connectivity index (χ1) is 5.72. The van der Waals surface area contributed by atoms with Crippen molar-refractivity contribution >= 4 is 5.97 Å². The summed E-state index contributed by atoms with van der Waals surface area (Å²) in [6, 6.07) is 0.0107. The zero-order chi connectivity index (χ0) is 8.97. The normalized spacial score (nSPS) is 19.5. The molecule has 0 heterocycles. The minimum atomic E-state index is -0.332. The zero-order valence-electron chi connectivity index (χ0n) is 7.32. The molecule has 3 nitrogen and oxygen atoms in total. The lowest BCUT2D eigenvalue weighted by Crippen LogP contribution is -2.17. The second kappa shape index (κ2) is 4.26. The third kappa shape index (κ3) is 3.53.